The topological polar surface area (TPSA) is 58.1 Å². The van der Waals surface area contributed by atoms with Crippen molar-refractivity contribution in [3.05, 3.63) is 47.2 Å². The molecule has 120 valence electrons. The van der Waals surface area contributed by atoms with Crippen LogP contribution >= 0.6 is 11.6 Å². The predicted molar refractivity (Wildman–Crippen MR) is 92.0 cm³/mol. The Labute approximate surface area is 140 Å². The largest absolute Gasteiger partial charge is 0.341 e. The van der Waals surface area contributed by atoms with Crippen molar-refractivity contribution in [1.82, 2.24) is 9.97 Å². The van der Waals surface area contributed by atoms with Gasteiger partial charge in [0.25, 0.3) is 5.91 Å². The Kier molecular flexibility index (Phi) is 4.76. The van der Waals surface area contributed by atoms with Gasteiger partial charge in [-0.1, -0.05) is 24.6 Å². The third kappa shape index (κ3) is 3.99. The molecule has 2 heterocycles. The molecular weight excluding hydrogens is 312 g/mol. The molecule has 1 amide bonds. The summed E-state index contributed by atoms with van der Waals surface area (Å²) in [5, 5.41) is 3.38. The molecule has 2 aromatic rings. The van der Waals surface area contributed by atoms with Gasteiger partial charge in [0, 0.05) is 30.0 Å². The molecule has 3 rings (SSSR count). The van der Waals surface area contributed by atoms with Crippen LogP contribution in [0.5, 0.6) is 0 Å². The quantitative estimate of drug-likeness (QED) is 0.933. The summed E-state index contributed by atoms with van der Waals surface area (Å²) in [5.74, 6) is 0.979. The van der Waals surface area contributed by atoms with Crippen LogP contribution in [0.1, 0.15) is 30.3 Å². The van der Waals surface area contributed by atoms with Gasteiger partial charge in [-0.05, 0) is 43.0 Å². The molecule has 6 heteroatoms. The zero-order valence-electron chi connectivity index (χ0n) is 13.0. The lowest BCUT2D eigenvalue weighted by Gasteiger charge is -2.30. The van der Waals surface area contributed by atoms with E-state index < -0.39 is 0 Å². The fourth-order valence-corrected chi connectivity index (χ4v) is 2.95. The molecule has 1 atom stereocenters. The number of nitrogens with zero attached hydrogens (tertiary/aromatic N) is 3. The van der Waals surface area contributed by atoms with Crippen LogP contribution in [0, 0.1) is 5.92 Å². The van der Waals surface area contributed by atoms with E-state index in [9.17, 15) is 4.79 Å². The highest BCUT2D eigenvalue weighted by atomic mass is 35.5. The van der Waals surface area contributed by atoms with Crippen LogP contribution in [0.2, 0.25) is 5.02 Å². The second-order valence-corrected chi connectivity index (χ2v) is 6.34. The number of hydrogen-bond acceptors (Lipinski definition) is 4. The van der Waals surface area contributed by atoms with E-state index in [0.29, 0.717) is 28.3 Å². The van der Waals surface area contributed by atoms with Crippen molar-refractivity contribution in [2.24, 2.45) is 5.92 Å². The summed E-state index contributed by atoms with van der Waals surface area (Å²) >= 11 is 5.93. The summed E-state index contributed by atoms with van der Waals surface area (Å²) < 4.78 is 0. The minimum atomic E-state index is -0.263. The molecule has 0 aliphatic carbocycles. The Hall–Kier alpha value is -2.14. The number of hydrogen-bond donors (Lipinski definition) is 1. The minimum absolute atomic E-state index is 0.263. The molecule has 1 fully saturated rings. The van der Waals surface area contributed by atoms with Crippen molar-refractivity contribution in [3.8, 4) is 0 Å². The number of carbonyl (C=O) groups excluding carboxylic acids is 1. The molecule has 1 N–H and O–H groups in total. The van der Waals surface area contributed by atoms with Gasteiger partial charge in [-0.3, -0.25) is 4.79 Å². The Balaban J connectivity index is 1.75. The van der Waals surface area contributed by atoms with Crippen molar-refractivity contribution in [2.45, 2.75) is 19.8 Å². The van der Waals surface area contributed by atoms with Crippen LogP contribution in [0.25, 0.3) is 0 Å². The first-order chi connectivity index (χ1) is 11.1. The lowest BCUT2D eigenvalue weighted by Crippen LogP contribution is -2.35. The summed E-state index contributed by atoms with van der Waals surface area (Å²) in [6.07, 6.45) is 3.99. The van der Waals surface area contributed by atoms with Crippen molar-refractivity contribution in [3.63, 3.8) is 0 Å². The van der Waals surface area contributed by atoms with E-state index in [1.54, 1.807) is 36.5 Å². The molecule has 5 nitrogen and oxygen atoms in total. The van der Waals surface area contributed by atoms with Crippen LogP contribution in [0.3, 0.4) is 0 Å². The number of nitrogens with one attached hydrogen (secondary N) is 1. The van der Waals surface area contributed by atoms with Gasteiger partial charge in [-0.25, -0.2) is 9.97 Å². The average Bonchev–Trinajstić information content (AvgIpc) is 2.55. The molecule has 0 radical (unpaired) electrons. The number of benzene rings is 1. The molecule has 1 saturated heterocycles. The van der Waals surface area contributed by atoms with E-state index in [4.69, 9.17) is 11.6 Å². The zero-order chi connectivity index (χ0) is 16.2. The van der Waals surface area contributed by atoms with E-state index in [1.165, 1.54) is 6.42 Å². The highest BCUT2D eigenvalue weighted by Crippen LogP contribution is 2.20. The fraction of sp³-hybridized carbons (Fsp3) is 0.353. The van der Waals surface area contributed by atoms with Gasteiger partial charge in [-0.15, -0.1) is 0 Å². The summed E-state index contributed by atoms with van der Waals surface area (Å²) in [6.45, 7) is 4.09. The third-order valence-corrected chi connectivity index (χ3v) is 4.13. The van der Waals surface area contributed by atoms with Gasteiger partial charge in [0.15, 0.2) is 0 Å². The molecule has 1 aromatic carbocycles. The first-order valence-electron chi connectivity index (χ1n) is 7.77. The number of piperidine rings is 1. The van der Waals surface area contributed by atoms with Crippen molar-refractivity contribution in [1.29, 1.82) is 0 Å². The van der Waals surface area contributed by atoms with Crippen molar-refractivity contribution < 1.29 is 4.79 Å². The van der Waals surface area contributed by atoms with E-state index >= 15 is 0 Å². The van der Waals surface area contributed by atoms with Gasteiger partial charge < -0.3 is 10.2 Å². The van der Waals surface area contributed by atoms with Crippen LogP contribution < -0.4 is 10.2 Å². The number of aromatic nitrogens is 2. The maximum absolute atomic E-state index is 12.4. The van der Waals surface area contributed by atoms with Crippen LogP contribution in [0.4, 0.5) is 11.6 Å². The normalized spacial score (nSPS) is 17.8. The summed E-state index contributed by atoms with van der Waals surface area (Å²) in [7, 11) is 0. The standard InChI is InChI=1S/C17H19ClN4O/c1-12-4-3-9-22(11-12)17-19-8-7-15(21-17)16(23)20-14-6-2-5-13(18)10-14/h2,5-8,10,12H,3-4,9,11H2,1H3,(H,20,23). The Morgan fingerprint density at radius 2 is 2.26 bits per heavy atom. The SMILES string of the molecule is CC1CCCN(c2nccc(C(=O)Nc3cccc(Cl)c3)n2)C1. The van der Waals surface area contributed by atoms with E-state index in [-0.39, 0.29) is 5.91 Å². The highest BCUT2D eigenvalue weighted by Gasteiger charge is 2.19. The zero-order valence-corrected chi connectivity index (χ0v) is 13.8. The first-order valence-corrected chi connectivity index (χ1v) is 8.14. The molecule has 0 spiro atoms. The van der Waals surface area contributed by atoms with Gasteiger partial charge in [0.2, 0.25) is 5.95 Å². The molecular formula is C17H19ClN4O. The van der Waals surface area contributed by atoms with Gasteiger partial charge in [0.1, 0.15) is 5.69 Å². The van der Waals surface area contributed by atoms with Gasteiger partial charge >= 0.3 is 0 Å². The van der Waals surface area contributed by atoms with E-state index in [0.717, 1.165) is 19.5 Å². The van der Waals surface area contributed by atoms with E-state index in [1.807, 2.05) is 0 Å². The Bertz CT molecular complexity index is 706. The first kappa shape index (κ1) is 15.7. The second kappa shape index (κ2) is 6.96. The summed E-state index contributed by atoms with van der Waals surface area (Å²) in [6, 6.07) is 8.67. The molecule has 1 unspecified atom stereocenters. The van der Waals surface area contributed by atoms with Crippen LogP contribution in [0.15, 0.2) is 36.5 Å². The maximum atomic E-state index is 12.4. The number of rotatable bonds is 3. The van der Waals surface area contributed by atoms with Gasteiger partial charge in [0.05, 0.1) is 0 Å². The number of anilines is 2. The minimum Gasteiger partial charge on any atom is -0.341 e. The molecule has 0 bridgehead atoms. The molecule has 1 aromatic heterocycles. The molecule has 0 saturated carbocycles. The molecule has 23 heavy (non-hydrogen) atoms. The second-order valence-electron chi connectivity index (χ2n) is 5.90. The summed E-state index contributed by atoms with van der Waals surface area (Å²) in [4.78, 5) is 23.2. The number of carbonyl (C=O) groups is 1. The number of halogens is 1. The predicted octanol–water partition coefficient (Wildman–Crippen LogP) is 3.62. The third-order valence-electron chi connectivity index (χ3n) is 3.90. The van der Waals surface area contributed by atoms with E-state index in [2.05, 4.69) is 27.1 Å². The lowest BCUT2D eigenvalue weighted by atomic mass is 10.0. The van der Waals surface area contributed by atoms with Gasteiger partial charge in [-0.2, -0.15) is 0 Å². The average molecular weight is 331 g/mol. The van der Waals surface area contributed by atoms with Crippen LogP contribution in [-0.2, 0) is 0 Å². The fourth-order valence-electron chi connectivity index (χ4n) is 2.76. The lowest BCUT2D eigenvalue weighted by molar-refractivity contribution is 0.102. The van der Waals surface area contributed by atoms with Crippen molar-refractivity contribution >= 4 is 29.1 Å². The number of amides is 1. The smallest absolute Gasteiger partial charge is 0.274 e. The van der Waals surface area contributed by atoms with Crippen LogP contribution in [-0.4, -0.2) is 29.0 Å². The molecule has 1 aliphatic heterocycles. The Morgan fingerprint density at radius 3 is 3.04 bits per heavy atom. The monoisotopic (exact) mass is 330 g/mol. The highest BCUT2D eigenvalue weighted by molar-refractivity contribution is 6.30. The van der Waals surface area contributed by atoms with Crippen molar-refractivity contribution in [2.75, 3.05) is 23.3 Å². The molecule has 1 aliphatic rings. The summed E-state index contributed by atoms with van der Waals surface area (Å²) in [5.41, 5.74) is 1.00. The maximum Gasteiger partial charge on any atom is 0.274 e. The Morgan fingerprint density at radius 1 is 1.39 bits per heavy atom.